The van der Waals surface area contributed by atoms with Gasteiger partial charge in [0, 0.05) is 4.90 Å². The summed E-state index contributed by atoms with van der Waals surface area (Å²) in [5.41, 5.74) is 1.37. The molecule has 94 valence electrons. The molecular formula is C13H15N3OS. The zero-order valence-electron chi connectivity index (χ0n) is 10.2. The summed E-state index contributed by atoms with van der Waals surface area (Å²) in [4.78, 5) is 5.78. The van der Waals surface area contributed by atoms with Crippen LogP contribution in [0.4, 0.5) is 0 Å². The van der Waals surface area contributed by atoms with Crippen molar-refractivity contribution in [3.8, 4) is 0 Å². The zero-order chi connectivity index (χ0) is 12.4. The van der Waals surface area contributed by atoms with E-state index in [4.69, 9.17) is 4.52 Å². The number of nitrogens with one attached hydrogen (secondary N) is 1. The van der Waals surface area contributed by atoms with Gasteiger partial charge >= 0.3 is 0 Å². The first-order chi connectivity index (χ1) is 8.86. The summed E-state index contributed by atoms with van der Waals surface area (Å²) < 4.78 is 5.35. The minimum absolute atomic E-state index is 0.269. The Balaban J connectivity index is 1.72. The maximum atomic E-state index is 5.35. The Morgan fingerprint density at radius 1 is 1.44 bits per heavy atom. The Kier molecular flexibility index (Phi) is 3.34. The molecular weight excluding hydrogens is 246 g/mol. The van der Waals surface area contributed by atoms with Gasteiger partial charge in [-0.3, -0.25) is 0 Å². The topological polar surface area (TPSA) is 51.0 Å². The van der Waals surface area contributed by atoms with Crippen LogP contribution in [0.25, 0.3) is 0 Å². The van der Waals surface area contributed by atoms with Crippen LogP contribution in [0.5, 0.6) is 0 Å². The quantitative estimate of drug-likeness (QED) is 0.916. The molecule has 0 amide bonds. The Bertz CT molecular complexity index is 516. The summed E-state index contributed by atoms with van der Waals surface area (Å²) in [7, 11) is 0. The molecule has 2 aromatic rings. The largest absolute Gasteiger partial charge is 0.338 e. The molecule has 0 spiro atoms. The number of nitrogens with zero attached hydrogens (tertiary/aromatic N) is 2. The molecule has 0 saturated heterocycles. The van der Waals surface area contributed by atoms with Gasteiger partial charge in [-0.05, 0) is 24.6 Å². The summed E-state index contributed by atoms with van der Waals surface area (Å²) in [6.07, 6.45) is 0.976. The SMILES string of the molecule is CCNCc1noc(C2Cc3ccccc3S2)n1. The van der Waals surface area contributed by atoms with E-state index >= 15 is 0 Å². The molecule has 1 aromatic heterocycles. The average Bonchev–Trinajstić information content (AvgIpc) is 3.02. The molecule has 2 heterocycles. The van der Waals surface area contributed by atoms with Gasteiger partial charge in [0.05, 0.1) is 11.8 Å². The van der Waals surface area contributed by atoms with Crippen molar-refractivity contribution in [2.45, 2.75) is 30.0 Å². The van der Waals surface area contributed by atoms with E-state index in [0.29, 0.717) is 6.54 Å². The third-order valence-corrected chi connectivity index (χ3v) is 4.24. The maximum absolute atomic E-state index is 5.35. The minimum atomic E-state index is 0.269. The van der Waals surface area contributed by atoms with E-state index in [0.717, 1.165) is 24.7 Å². The molecule has 1 aliphatic rings. The lowest BCUT2D eigenvalue weighted by Gasteiger charge is -1.99. The average molecular weight is 261 g/mol. The third kappa shape index (κ3) is 2.28. The normalized spacial score (nSPS) is 17.9. The highest BCUT2D eigenvalue weighted by molar-refractivity contribution is 7.99. The van der Waals surface area contributed by atoms with E-state index in [2.05, 4.69) is 46.6 Å². The van der Waals surface area contributed by atoms with Gasteiger partial charge in [-0.1, -0.05) is 30.3 Å². The van der Waals surface area contributed by atoms with E-state index in [1.165, 1.54) is 10.5 Å². The van der Waals surface area contributed by atoms with Crippen LogP contribution < -0.4 is 5.32 Å². The molecule has 1 aliphatic heterocycles. The van der Waals surface area contributed by atoms with Crippen molar-refractivity contribution >= 4 is 11.8 Å². The summed E-state index contributed by atoms with van der Waals surface area (Å²) in [5.74, 6) is 1.48. The fraction of sp³-hybridized carbons (Fsp3) is 0.385. The van der Waals surface area contributed by atoms with Gasteiger partial charge in [0.1, 0.15) is 0 Å². The maximum Gasteiger partial charge on any atom is 0.240 e. The number of benzene rings is 1. The van der Waals surface area contributed by atoms with Crippen molar-refractivity contribution in [2.75, 3.05) is 6.54 Å². The number of thioether (sulfide) groups is 1. The highest BCUT2D eigenvalue weighted by atomic mass is 32.2. The predicted octanol–water partition coefficient (Wildman–Crippen LogP) is 2.57. The van der Waals surface area contributed by atoms with Crippen molar-refractivity contribution in [3.05, 3.63) is 41.5 Å². The molecule has 1 unspecified atom stereocenters. The highest BCUT2D eigenvalue weighted by Crippen LogP contribution is 2.45. The van der Waals surface area contributed by atoms with Crippen LogP contribution in [0.2, 0.25) is 0 Å². The van der Waals surface area contributed by atoms with Crippen LogP contribution in [0, 0.1) is 0 Å². The van der Waals surface area contributed by atoms with Crippen LogP contribution in [0.15, 0.2) is 33.7 Å². The molecule has 0 fully saturated rings. The fourth-order valence-corrected chi connectivity index (χ4v) is 3.25. The molecule has 0 saturated carbocycles. The van der Waals surface area contributed by atoms with E-state index in [1.807, 2.05) is 11.8 Å². The van der Waals surface area contributed by atoms with Crippen molar-refractivity contribution in [1.29, 1.82) is 0 Å². The standard InChI is InChI=1S/C13H15N3OS/c1-2-14-8-12-15-13(17-16-12)11-7-9-5-3-4-6-10(9)18-11/h3-6,11,14H,2,7-8H2,1H3. The highest BCUT2D eigenvalue weighted by Gasteiger charge is 2.27. The third-order valence-electron chi connectivity index (χ3n) is 2.94. The van der Waals surface area contributed by atoms with E-state index in [-0.39, 0.29) is 5.25 Å². The monoisotopic (exact) mass is 261 g/mol. The van der Waals surface area contributed by atoms with Crippen LogP contribution in [0.3, 0.4) is 0 Å². The molecule has 5 heteroatoms. The lowest BCUT2D eigenvalue weighted by atomic mass is 10.1. The Hall–Kier alpha value is -1.33. The number of fused-ring (bicyclic) bond motifs is 1. The Morgan fingerprint density at radius 2 is 2.33 bits per heavy atom. The number of rotatable bonds is 4. The van der Waals surface area contributed by atoms with Gasteiger partial charge in [0.25, 0.3) is 0 Å². The van der Waals surface area contributed by atoms with Crippen molar-refractivity contribution < 1.29 is 4.52 Å². The lowest BCUT2D eigenvalue weighted by molar-refractivity contribution is 0.370. The minimum Gasteiger partial charge on any atom is -0.338 e. The number of aromatic nitrogens is 2. The van der Waals surface area contributed by atoms with Crippen LogP contribution in [-0.2, 0) is 13.0 Å². The van der Waals surface area contributed by atoms with Gasteiger partial charge in [-0.25, -0.2) is 0 Å². The van der Waals surface area contributed by atoms with E-state index in [9.17, 15) is 0 Å². The van der Waals surface area contributed by atoms with Crippen molar-refractivity contribution in [2.24, 2.45) is 0 Å². The Morgan fingerprint density at radius 3 is 3.17 bits per heavy atom. The van der Waals surface area contributed by atoms with Gasteiger partial charge in [0.15, 0.2) is 5.82 Å². The van der Waals surface area contributed by atoms with Gasteiger partial charge in [0.2, 0.25) is 5.89 Å². The summed E-state index contributed by atoms with van der Waals surface area (Å²) in [6.45, 7) is 3.64. The molecule has 0 radical (unpaired) electrons. The van der Waals surface area contributed by atoms with E-state index in [1.54, 1.807) is 0 Å². The molecule has 1 N–H and O–H groups in total. The van der Waals surface area contributed by atoms with Gasteiger partial charge < -0.3 is 9.84 Å². The van der Waals surface area contributed by atoms with Crippen LogP contribution >= 0.6 is 11.8 Å². The van der Waals surface area contributed by atoms with Gasteiger partial charge in [-0.2, -0.15) is 4.98 Å². The first-order valence-electron chi connectivity index (χ1n) is 6.14. The second kappa shape index (κ2) is 5.12. The molecule has 1 aromatic carbocycles. The lowest BCUT2D eigenvalue weighted by Crippen LogP contribution is -2.12. The van der Waals surface area contributed by atoms with Crippen LogP contribution in [0.1, 0.15) is 29.5 Å². The fourth-order valence-electron chi connectivity index (χ4n) is 2.03. The predicted molar refractivity (Wildman–Crippen MR) is 70.4 cm³/mol. The molecule has 0 bridgehead atoms. The van der Waals surface area contributed by atoms with Crippen LogP contribution in [-0.4, -0.2) is 16.7 Å². The summed E-state index contributed by atoms with van der Waals surface area (Å²) in [5, 5.41) is 7.46. The summed E-state index contributed by atoms with van der Waals surface area (Å²) >= 11 is 1.81. The number of hydrogen-bond acceptors (Lipinski definition) is 5. The first-order valence-corrected chi connectivity index (χ1v) is 7.02. The van der Waals surface area contributed by atoms with Gasteiger partial charge in [-0.15, -0.1) is 11.8 Å². The molecule has 0 aliphatic carbocycles. The Labute approximate surface area is 110 Å². The molecule has 4 nitrogen and oxygen atoms in total. The van der Waals surface area contributed by atoms with Crippen molar-refractivity contribution in [3.63, 3.8) is 0 Å². The summed E-state index contributed by atoms with van der Waals surface area (Å²) in [6, 6.07) is 8.46. The van der Waals surface area contributed by atoms with Crippen molar-refractivity contribution in [1.82, 2.24) is 15.5 Å². The first kappa shape index (κ1) is 11.7. The number of hydrogen-bond donors (Lipinski definition) is 1. The molecule has 18 heavy (non-hydrogen) atoms. The molecule has 1 atom stereocenters. The second-order valence-corrected chi connectivity index (χ2v) is 5.49. The molecule has 3 rings (SSSR count). The second-order valence-electron chi connectivity index (χ2n) is 4.25. The van der Waals surface area contributed by atoms with E-state index < -0.39 is 0 Å². The zero-order valence-corrected chi connectivity index (χ0v) is 11.0. The smallest absolute Gasteiger partial charge is 0.240 e.